The van der Waals surface area contributed by atoms with Gasteiger partial charge < -0.3 is 9.94 Å². The molecular weight excluding hydrogens is 374 g/mol. The third kappa shape index (κ3) is 3.80. The number of nitrogens with zero attached hydrogens (tertiary/aromatic N) is 3. The Morgan fingerprint density at radius 2 is 1.57 bits per heavy atom. The fourth-order valence-electron chi connectivity index (χ4n) is 2.90. The summed E-state index contributed by atoms with van der Waals surface area (Å²) in [6.45, 7) is 0.214. The first-order valence-corrected chi connectivity index (χ1v) is 9.03. The molecule has 0 aliphatic carbocycles. The van der Waals surface area contributed by atoms with Crippen molar-refractivity contribution in [3.8, 4) is 17.0 Å². The van der Waals surface area contributed by atoms with Gasteiger partial charge in [-0.3, -0.25) is 0 Å². The van der Waals surface area contributed by atoms with Gasteiger partial charge in [-0.2, -0.15) is 0 Å². The van der Waals surface area contributed by atoms with Crippen molar-refractivity contribution >= 4 is 28.8 Å². The summed E-state index contributed by atoms with van der Waals surface area (Å²) >= 11 is 6.03. The molecule has 0 radical (unpaired) electrons. The van der Waals surface area contributed by atoms with Gasteiger partial charge in [0.25, 0.3) is 0 Å². The van der Waals surface area contributed by atoms with E-state index < -0.39 is 0 Å². The molecular formula is C22H16ClN3O2. The number of fused-ring (bicyclic) bond motifs is 1. The molecule has 138 valence electrons. The van der Waals surface area contributed by atoms with E-state index in [2.05, 4.69) is 5.16 Å². The molecule has 1 aromatic heterocycles. The summed E-state index contributed by atoms with van der Waals surface area (Å²) in [7, 11) is 0. The van der Waals surface area contributed by atoms with E-state index in [1.54, 1.807) is 6.07 Å². The molecule has 0 aliphatic heterocycles. The molecule has 3 aromatic carbocycles. The monoisotopic (exact) mass is 389 g/mol. The van der Waals surface area contributed by atoms with E-state index >= 15 is 0 Å². The first-order valence-electron chi connectivity index (χ1n) is 8.65. The third-order valence-corrected chi connectivity index (χ3v) is 4.49. The number of benzene rings is 3. The molecule has 0 aliphatic rings. The molecule has 4 aromatic rings. The van der Waals surface area contributed by atoms with Gasteiger partial charge in [-0.1, -0.05) is 53.2 Å². The van der Waals surface area contributed by atoms with E-state index in [0.29, 0.717) is 22.0 Å². The van der Waals surface area contributed by atoms with Crippen LogP contribution in [0.4, 0.5) is 0 Å². The summed E-state index contributed by atoms with van der Waals surface area (Å²) in [5.74, 6) is 0.595. The third-order valence-electron chi connectivity index (χ3n) is 4.24. The van der Waals surface area contributed by atoms with Crippen LogP contribution in [0.15, 0.2) is 78.0 Å². The smallest absolute Gasteiger partial charge is 0.132 e. The molecule has 0 bridgehead atoms. The maximum Gasteiger partial charge on any atom is 0.132 e. The molecule has 0 saturated carbocycles. The van der Waals surface area contributed by atoms with E-state index in [-0.39, 0.29) is 6.61 Å². The van der Waals surface area contributed by atoms with Crippen molar-refractivity contribution in [2.75, 3.05) is 0 Å². The number of aromatic nitrogens is 2. The number of oxime groups is 1. The fraction of sp³-hybridized carbons (Fsp3) is 0.0455. The molecule has 1 heterocycles. The lowest BCUT2D eigenvalue weighted by Crippen LogP contribution is -2.05. The van der Waals surface area contributed by atoms with Gasteiger partial charge in [0.2, 0.25) is 0 Å². The lowest BCUT2D eigenvalue weighted by atomic mass is 10.1. The highest BCUT2D eigenvalue weighted by Gasteiger charge is 2.13. The van der Waals surface area contributed by atoms with Gasteiger partial charge in [0.1, 0.15) is 18.1 Å². The molecule has 5 nitrogen and oxygen atoms in total. The zero-order valence-corrected chi connectivity index (χ0v) is 15.5. The normalized spacial score (nSPS) is 11.2. The van der Waals surface area contributed by atoms with Gasteiger partial charge in [0, 0.05) is 16.1 Å². The predicted octanol–water partition coefficient (Wildman–Crippen LogP) is 5.34. The van der Waals surface area contributed by atoms with Crippen LogP contribution in [0.25, 0.3) is 22.3 Å². The zero-order valence-electron chi connectivity index (χ0n) is 14.8. The van der Waals surface area contributed by atoms with Crippen molar-refractivity contribution in [1.82, 2.24) is 9.97 Å². The second-order valence-electron chi connectivity index (χ2n) is 6.09. The summed E-state index contributed by atoms with van der Waals surface area (Å²) < 4.78 is 5.98. The van der Waals surface area contributed by atoms with Crippen LogP contribution in [-0.4, -0.2) is 21.4 Å². The van der Waals surface area contributed by atoms with Gasteiger partial charge in [-0.25, -0.2) is 9.97 Å². The Kier molecular flexibility index (Phi) is 5.17. The lowest BCUT2D eigenvalue weighted by molar-refractivity contribution is 0.300. The number of hydrogen-bond acceptors (Lipinski definition) is 5. The van der Waals surface area contributed by atoms with Crippen molar-refractivity contribution in [3.63, 3.8) is 0 Å². The van der Waals surface area contributed by atoms with Crippen LogP contribution in [0, 0.1) is 0 Å². The van der Waals surface area contributed by atoms with E-state index in [4.69, 9.17) is 31.5 Å². The van der Waals surface area contributed by atoms with Crippen molar-refractivity contribution in [1.29, 1.82) is 0 Å². The van der Waals surface area contributed by atoms with Crippen molar-refractivity contribution in [2.45, 2.75) is 6.61 Å². The molecule has 0 spiro atoms. The van der Waals surface area contributed by atoms with E-state index in [1.165, 1.54) is 6.21 Å². The predicted molar refractivity (Wildman–Crippen MR) is 110 cm³/mol. The van der Waals surface area contributed by atoms with Crippen LogP contribution in [-0.2, 0) is 6.61 Å². The largest absolute Gasteiger partial charge is 0.487 e. The van der Waals surface area contributed by atoms with E-state index in [9.17, 15) is 0 Å². The molecule has 0 amide bonds. The van der Waals surface area contributed by atoms with E-state index in [0.717, 1.165) is 22.3 Å². The number of halogens is 1. The summed E-state index contributed by atoms with van der Waals surface area (Å²) in [5.41, 5.74) is 4.63. The minimum absolute atomic E-state index is 0.214. The van der Waals surface area contributed by atoms with Crippen LogP contribution in [0.1, 0.15) is 11.3 Å². The SMILES string of the molecule is O/N=C/c1ccccc1OCc1nc2ccccc2nc1-c1ccc(Cl)cc1. The number of rotatable bonds is 5. The molecule has 0 fully saturated rings. The fourth-order valence-corrected chi connectivity index (χ4v) is 3.03. The number of para-hydroxylation sites is 3. The van der Waals surface area contributed by atoms with Gasteiger partial charge in [-0.05, 0) is 36.4 Å². The summed E-state index contributed by atoms with van der Waals surface area (Å²) in [5, 5.41) is 12.6. The van der Waals surface area contributed by atoms with Crippen LogP contribution in [0.5, 0.6) is 5.75 Å². The standard InChI is InChI=1S/C22H16ClN3O2/c23-17-11-9-15(10-12-17)22-20(25-18-6-2-3-7-19(18)26-22)14-28-21-8-4-1-5-16(21)13-24-27/h1-13,27H,14H2/b24-13+. The first kappa shape index (κ1) is 17.9. The second-order valence-corrected chi connectivity index (χ2v) is 6.52. The second kappa shape index (κ2) is 8.06. The summed E-state index contributed by atoms with van der Waals surface area (Å²) in [4.78, 5) is 9.56. The Morgan fingerprint density at radius 1 is 0.893 bits per heavy atom. The lowest BCUT2D eigenvalue weighted by Gasteiger charge is -2.13. The van der Waals surface area contributed by atoms with Crippen LogP contribution in [0.3, 0.4) is 0 Å². The number of hydrogen-bond donors (Lipinski definition) is 1. The number of ether oxygens (including phenoxy) is 1. The maximum absolute atomic E-state index is 8.84. The Morgan fingerprint density at radius 3 is 2.32 bits per heavy atom. The Bertz CT molecular complexity index is 1140. The Hall–Kier alpha value is -3.44. The van der Waals surface area contributed by atoms with Crippen LogP contribution in [0.2, 0.25) is 5.02 Å². The molecule has 6 heteroatoms. The zero-order chi connectivity index (χ0) is 19.3. The van der Waals surface area contributed by atoms with E-state index in [1.807, 2.05) is 66.7 Å². The topological polar surface area (TPSA) is 67.6 Å². The van der Waals surface area contributed by atoms with Gasteiger partial charge >= 0.3 is 0 Å². The van der Waals surface area contributed by atoms with Gasteiger partial charge in [-0.15, -0.1) is 0 Å². The van der Waals surface area contributed by atoms with Crippen molar-refractivity contribution in [2.24, 2.45) is 5.16 Å². The van der Waals surface area contributed by atoms with Crippen molar-refractivity contribution in [3.05, 3.63) is 89.1 Å². The maximum atomic E-state index is 8.84. The highest BCUT2D eigenvalue weighted by atomic mass is 35.5. The van der Waals surface area contributed by atoms with Crippen LogP contribution < -0.4 is 4.74 Å². The van der Waals surface area contributed by atoms with Crippen LogP contribution >= 0.6 is 11.6 Å². The molecule has 0 unspecified atom stereocenters. The highest BCUT2D eigenvalue weighted by molar-refractivity contribution is 6.30. The quantitative estimate of drug-likeness (QED) is 0.284. The first-order chi connectivity index (χ1) is 13.7. The average Bonchev–Trinajstić information content (AvgIpc) is 2.73. The minimum Gasteiger partial charge on any atom is -0.487 e. The summed E-state index contributed by atoms with van der Waals surface area (Å²) in [6, 6.07) is 22.5. The molecule has 1 N–H and O–H groups in total. The molecule has 4 rings (SSSR count). The summed E-state index contributed by atoms with van der Waals surface area (Å²) in [6.07, 6.45) is 1.33. The van der Waals surface area contributed by atoms with Gasteiger partial charge in [0.15, 0.2) is 0 Å². The minimum atomic E-state index is 0.214. The van der Waals surface area contributed by atoms with Gasteiger partial charge in [0.05, 0.1) is 22.9 Å². The molecule has 28 heavy (non-hydrogen) atoms. The van der Waals surface area contributed by atoms with Crippen molar-refractivity contribution < 1.29 is 9.94 Å². The average molecular weight is 390 g/mol. The highest BCUT2D eigenvalue weighted by Crippen LogP contribution is 2.26. The molecule has 0 saturated heterocycles. The molecule has 0 atom stereocenters. The Balaban J connectivity index is 1.75. The Labute approximate surface area is 166 Å².